The lowest BCUT2D eigenvalue weighted by molar-refractivity contribution is -0.146. The topological polar surface area (TPSA) is 105 Å². The Labute approximate surface area is 205 Å². The van der Waals surface area contributed by atoms with Crippen LogP contribution in [-0.4, -0.2) is 65.9 Å². The van der Waals surface area contributed by atoms with E-state index in [2.05, 4.69) is 11.2 Å². The summed E-state index contributed by atoms with van der Waals surface area (Å²) in [5.41, 5.74) is 3.73. The fraction of sp³-hybridized carbons (Fsp3) is 0.370. The van der Waals surface area contributed by atoms with Gasteiger partial charge in [-0.05, 0) is 43.0 Å². The number of ether oxygens (including phenoxy) is 2. The van der Waals surface area contributed by atoms with E-state index in [0.717, 1.165) is 27.2 Å². The molecule has 0 saturated carbocycles. The van der Waals surface area contributed by atoms with Crippen LogP contribution in [0.2, 0.25) is 0 Å². The second kappa shape index (κ2) is 11.1. The molecule has 8 heteroatoms. The summed E-state index contributed by atoms with van der Waals surface area (Å²) in [4.78, 5) is 37.9. The number of hydrogen-bond acceptors (Lipinski definition) is 5. The molecule has 0 fully saturated rings. The molecule has 3 rings (SSSR count). The van der Waals surface area contributed by atoms with Gasteiger partial charge in [0.05, 0.1) is 18.8 Å². The van der Waals surface area contributed by atoms with Crippen molar-refractivity contribution in [3.8, 4) is 23.5 Å². The molecular weight excluding hydrogens is 448 g/mol. The van der Waals surface area contributed by atoms with Crippen LogP contribution in [0.15, 0.2) is 48.5 Å². The molecule has 0 aromatic heterocycles. The van der Waals surface area contributed by atoms with E-state index in [1.54, 1.807) is 20.8 Å². The van der Waals surface area contributed by atoms with Crippen LogP contribution in [-0.2, 0) is 19.1 Å². The van der Waals surface area contributed by atoms with Gasteiger partial charge in [0.15, 0.2) is 0 Å². The number of amides is 2. The Morgan fingerprint density at radius 3 is 2.17 bits per heavy atom. The number of benzene rings is 2. The van der Waals surface area contributed by atoms with E-state index in [1.807, 2.05) is 48.5 Å². The van der Waals surface area contributed by atoms with Crippen molar-refractivity contribution >= 4 is 18.0 Å². The summed E-state index contributed by atoms with van der Waals surface area (Å²) < 4.78 is 11.2. The summed E-state index contributed by atoms with van der Waals surface area (Å²) in [6, 6.07) is 14.7. The summed E-state index contributed by atoms with van der Waals surface area (Å²) in [7, 11) is 0. The van der Waals surface area contributed by atoms with Crippen LogP contribution in [0.3, 0.4) is 0 Å². The molecule has 1 atom stereocenters. The van der Waals surface area contributed by atoms with Crippen molar-refractivity contribution in [2.24, 2.45) is 0 Å². The average molecular weight is 479 g/mol. The van der Waals surface area contributed by atoms with Crippen LogP contribution in [0.4, 0.5) is 4.79 Å². The maximum Gasteiger partial charge on any atom is 0.407 e. The van der Waals surface area contributed by atoms with Gasteiger partial charge in [-0.15, -0.1) is 6.42 Å². The van der Waals surface area contributed by atoms with Crippen LogP contribution in [0.25, 0.3) is 11.1 Å². The van der Waals surface area contributed by atoms with E-state index < -0.39 is 36.2 Å². The Bertz CT molecular complexity index is 1090. The molecule has 0 heterocycles. The number of alkyl carbamates (subject to hydrolysis) is 1. The summed E-state index contributed by atoms with van der Waals surface area (Å²) in [6.07, 6.45) is 4.50. The van der Waals surface area contributed by atoms with Crippen LogP contribution in [0, 0.1) is 12.3 Å². The molecule has 35 heavy (non-hydrogen) atoms. The third-order valence-corrected chi connectivity index (χ3v) is 5.54. The zero-order valence-electron chi connectivity index (χ0n) is 20.1. The van der Waals surface area contributed by atoms with Gasteiger partial charge in [-0.2, -0.15) is 0 Å². The van der Waals surface area contributed by atoms with E-state index in [1.165, 1.54) is 0 Å². The first-order valence-corrected chi connectivity index (χ1v) is 11.3. The normalized spacial score (nSPS) is 13.2. The average Bonchev–Trinajstić information content (AvgIpc) is 3.12. The molecule has 2 N–H and O–H groups in total. The number of carbonyl (C=O) groups is 3. The van der Waals surface area contributed by atoms with Crippen molar-refractivity contribution < 1.29 is 29.0 Å². The van der Waals surface area contributed by atoms with Crippen molar-refractivity contribution in [1.29, 1.82) is 0 Å². The van der Waals surface area contributed by atoms with Gasteiger partial charge >= 0.3 is 12.1 Å². The summed E-state index contributed by atoms with van der Waals surface area (Å²) in [5, 5.41) is 11.7. The van der Waals surface area contributed by atoms with Crippen molar-refractivity contribution in [2.75, 3.05) is 26.3 Å². The highest BCUT2D eigenvalue weighted by atomic mass is 16.5. The smallest absolute Gasteiger partial charge is 0.407 e. The number of carboxylic acid groups (broad SMARTS) is 1. The van der Waals surface area contributed by atoms with Crippen LogP contribution in [0.5, 0.6) is 0 Å². The highest BCUT2D eigenvalue weighted by Gasteiger charge is 2.32. The number of carbonyl (C=O) groups excluding carboxylic acids is 2. The molecule has 0 aliphatic heterocycles. The molecule has 0 radical (unpaired) electrons. The fourth-order valence-electron chi connectivity index (χ4n) is 4.00. The quantitative estimate of drug-likeness (QED) is 0.536. The molecule has 8 nitrogen and oxygen atoms in total. The highest BCUT2D eigenvalue weighted by molar-refractivity contribution is 5.88. The van der Waals surface area contributed by atoms with Crippen LogP contribution >= 0.6 is 0 Å². The number of aliphatic carboxylic acids is 1. The van der Waals surface area contributed by atoms with Crippen molar-refractivity contribution in [2.45, 2.75) is 38.3 Å². The predicted molar refractivity (Wildman–Crippen MR) is 131 cm³/mol. The number of nitrogens with one attached hydrogen (secondary N) is 1. The number of nitrogens with zero attached hydrogens (tertiary/aromatic N) is 1. The standard InChI is InChI=1S/C27H30N2O6/c1-5-14-29(15-24(30)31)25(32)23(17-35-27(2,3)4)28-26(33)34-16-22-20-12-8-6-10-18(20)19-11-7-9-13-21(19)22/h1,6-13,22-23H,14-17H2,2-4H3,(H,28,33)(H,30,31)/t23-/m0/s1. The Balaban J connectivity index is 1.72. The van der Waals surface area contributed by atoms with Gasteiger partial charge in [-0.25, -0.2) is 4.79 Å². The van der Waals surface area contributed by atoms with Gasteiger partial charge < -0.3 is 24.8 Å². The first-order chi connectivity index (χ1) is 16.6. The minimum absolute atomic E-state index is 0.0735. The van der Waals surface area contributed by atoms with Gasteiger partial charge in [0, 0.05) is 5.92 Å². The van der Waals surface area contributed by atoms with Crippen LogP contribution < -0.4 is 5.32 Å². The second-order valence-corrected chi connectivity index (χ2v) is 9.24. The first-order valence-electron chi connectivity index (χ1n) is 11.3. The van der Waals surface area contributed by atoms with Gasteiger partial charge in [0.1, 0.15) is 19.2 Å². The molecule has 1 aliphatic rings. The van der Waals surface area contributed by atoms with E-state index in [-0.39, 0.29) is 25.7 Å². The summed E-state index contributed by atoms with van der Waals surface area (Å²) in [6.45, 7) is 4.50. The van der Waals surface area contributed by atoms with Gasteiger partial charge in [-0.3, -0.25) is 9.59 Å². The van der Waals surface area contributed by atoms with E-state index in [4.69, 9.17) is 21.0 Å². The number of rotatable bonds is 9. The highest BCUT2D eigenvalue weighted by Crippen LogP contribution is 2.44. The lowest BCUT2D eigenvalue weighted by Gasteiger charge is -2.28. The number of hydrogen-bond donors (Lipinski definition) is 2. The Morgan fingerprint density at radius 2 is 1.66 bits per heavy atom. The third kappa shape index (κ3) is 6.61. The van der Waals surface area contributed by atoms with E-state index in [0.29, 0.717) is 0 Å². The van der Waals surface area contributed by atoms with Gasteiger partial charge in [0.2, 0.25) is 5.91 Å². The van der Waals surface area contributed by atoms with Gasteiger partial charge in [0.25, 0.3) is 0 Å². The molecule has 0 spiro atoms. The largest absolute Gasteiger partial charge is 0.480 e. The molecule has 184 valence electrons. The maximum absolute atomic E-state index is 13.0. The molecule has 2 aromatic rings. The minimum atomic E-state index is -1.22. The van der Waals surface area contributed by atoms with E-state index in [9.17, 15) is 14.4 Å². The SMILES string of the molecule is C#CCN(CC(=O)O)C(=O)[C@H](COC(C)(C)C)NC(=O)OCC1c2ccccc2-c2ccccc21. The fourth-order valence-corrected chi connectivity index (χ4v) is 4.00. The number of fused-ring (bicyclic) bond motifs is 3. The summed E-state index contributed by atoms with van der Waals surface area (Å²) in [5.74, 6) is 0.251. The lowest BCUT2D eigenvalue weighted by atomic mass is 9.98. The maximum atomic E-state index is 13.0. The van der Waals surface area contributed by atoms with Crippen molar-refractivity contribution in [3.05, 3.63) is 59.7 Å². The predicted octanol–water partition coefficient (Wildman–Crippen LogP) is 3.26. The lowest BCUT2D eigenvalue weighted by Crippen LogP contribution is -2.53. The minimum Gasteiger partial charge on any atom is -0.480 e. The Morgan fingerprint density at radius 1 is 1.09 bits per heavy atom. The molecule has 2 amide bonds. The van der Waals surface area contributed by atoms with Crippen LogP contribution in [0.1, 0.15) is 37.8 Å². The molecule has 0 unspecified atom stereocenters. The molecule has 0 saturated heterocycles. The Hall–Kier alpha value is -3.83. The number of carboxylic acids is 1. The molecule has 0 bridgehead atoms. The zero-order chi connectivity index (χ0) is 25.6. The zero-order valence-corrected chi connectivity index (χ0v) is 20.1. The van der Waals surface area contributed by atoms with Crippen molar-refractivity contribution in [1.82, 2.24) is 10.2 Å². The monoisotopic (exact) mass is 478 g/mol. The number of terminal acetylenes is 1. The van der Waals surface area contributed by atoms with Gasteiger partial charge in [-0.1, -0.05) is 54.5 Å². The first kappa shape index (κ1) is 25.8. The molecule has 2 aromatic carbocycles. The molecule has 1 aliphatic carbocycles. The Kier molecular flexibility index (Phi) is 8.15. The van der Waals surface area contributed by atoms with E-state index >= 15 is 0 Å². The third-order valence-electron chi connectivity index (χ3n) is 5.54. The second-order valence-electron chi connectivity index (χ2n) is 9.24. The molecular formula is C27H30N2O6. The summed E-state index contributed by atoms with van der Waals surface area (Å²) >= 11 is 0. The van der Waals surface area contributed by atoms with Crippen molar-refractivity contribution in [3.63, 3.8) is 0 Å².